The lowest BCUT2D eigenvalue weighted by atomic mass is 10.1. The molecule has 0 radical (unpaired) electrons. The van der Waals surface area contributed by atoms with Gasteiger partial charge in [0.05, 0.1) is 18.0 Å². The van der Waals surface area contributed by atoms with E-state index >= 15 is 0 Å². The smallest absolute Gasteiger partial charge is 0.329 e. The van der Waals surface area contributed by atoms with Crippen LogP contribution in [-0.4, -0.2) is 48.9 Å². The second kappa shape index (κ2) is 5.49. The van der Waals surface area contributed by atoms with Crippen LogP contribution >= 0.6 is 11.8 Å². The minimum atomic E-state index is -1.17. The van der Waals surface area contributed by atoms with Gasteiger partial charge in [-0.15, -0.1) is 11.8 Å². The van der Waals surface area contributed by atoms with Crippen molar-refractivity contribution >= 4 is 11.8 Å². The summed E-state index contributed by atoms with van der Waals surface area (Å²) in [5, 5.41) is 27.5. The second-order valence-electron chi connectivity index (χ2n) is 4.40. The van der Waals surface area contributed by atoms with Crippen molar-refractivity contribution in [3.63, 3.8) is 0 Å². The molecule has 1 fully saturated rings. The minimum absolute atomic E-state index is 0.294. The summed E-state index contributed by atoms with van der Waals surface area (Å²) in [4.78, 5) is 25.4. The Balaban J connectivity index is 2.43. The van der Waals surface area contributed by atoms with Crippen LogP contribution in [0, 0.1) is 0 Å². The molecule has 0 bridgehead atoms. The molecule has 8 heteroatoms. The highest BCUT2D eigenvalue weighted by molar-refractivity contribution is 8.00. The molecule has 0 unspecified atom stereocenters. The van der Waals surface area contributed by atoms with Crippen molar-refractivity contribution in [3.8, 4) is 0 Å². The Morgan fingerprint density at radius 2 is 2.05 bits per heavy atom. The van der Waals surface area contributed by atoms with Crippen molar-refractivity contribution in [3.05, 3.63) is 32.6 Å². The second-order valence-corrected chi connectivity index (χ2v) is 5.76. The summed E-state index contributed by atoms with van der Waals surface area (Å²) in [7, 11) is 0. The molecule has 0 spiro atoms. The van der Waals surface area contributed by atoms with Gasteiger partial charge in [-0.05, 0) is 6.42 Å². The SMILES string of the molecule is CCc1cn([C@H]2S[C@@H](CO)[C@@H](O)[C@@H]2O)c(=O)[nH]c1=O. The molecule has 1 saturated heterocycles. The van der Waals surface area contributed by atoms with Crippen LogP contribution in [0.25, 0.3) is 0 Å². The molecule has 1 aromatic heterocycles. The fraction of sp³-hybridized carbons (Fsp3) is 0.636. The Labute approximate surface area is 112 Å². The molecular formula is C11H16N2O5S. The average molecular weight is 288 g/mol. The van der Waals surface area contributed by atoms with Crippen LogP contribution in [-0.2, 0) is 6.42 Å². The van der Waals surface area contributed by atoms with Gasteiger partial charge in [0.15, 0.2) is 0 Å². The summed E-state index contributed by atoms with van der Waals surface area (Å²) >= 11 is 1.11. The van der Waals surface area contributed by atoms with Crippen LogP contribution in [0.4, 0.5) is 0 Å². The van der Waals surface area contributed by atoms with Crippen molar-refractivity contribution in [1.82, 2.24) is 9.55 Å². The van der Waals surface area contributed by atoms with Crippen LogP contribution in [0.15, 0.2) is 15.8 Å². The number of nitrogens with one attached hydrogen (secondary N) is 1. The normalized spacial score (nSPS) is 30.7. The Kier molecular flexibility index (Phi) is 4.14. The van der Waals surface area contributed by atoms with E-state index in [1.54, 1.807) is 6.92 Å². The Bertz CT molecular complexity index is 569. The lowest BCUT2D eigenvalue weighted by Gasteiger charge is -2.18. The van der Waals surface area contributed by atoms with Gasteiger partial charge in [-0.1, -0.05) is 6.92 Å². The molecule has 2 heterocycles. The highest BCUT2D eigenvalue weighted by Gasteiger charge is 2.43. The van der Waals surface area contributed by atoms with E-state index < -0.39 is 34.1 Å². The first-order chi connectivity index (χ1) is 8.99. The molecule has 0 aliphatic carbocycles. The number of hydrogen-bond donors (Lipinski definition) is 4. The number of H-pyrrole nitrogens is 1. The fourth-order valence-corrected chi connectivity index (χ4v) is 3.45. The number of thioether (sulfide) groups is 1. The number of hydrogen-bond acceptors (Lipinski definition) is 6. The van der Waals surface area contributed by atoms with Gasteiger partial charge in [-0.25, -0.2) is 4.79 Å². The van der Waals surface area contributed by atoms with E-state index in [1.165, 1.54) is 10.8 Å². The largest absolute Gasteiger partial charge is 0.395 e. The Hall–Kier alpha value is -1.09. The van der Waals surface area contributed by atoms with Crippen LogP contribution in [0.1, 0.15) is 17.9 Å². The van der Waals surface area contributed by atoms with Crippen LogP contribution in [0.2, 0.25) is 0 Å². The molecular weight excluding hydrogens is 272 g/mol. The molecule has 2 rings (SSSR count). The quantitative estimate of drug-likeness (QED) is 0.534. The van der Waals surface area contributed by atoms with E-state index in [0.717, 1.165) is 11.8 Å². The number of aryl methyl sites for hydroxylation is 1. The van der Waals surface area contributed by atoms with Crippen LogP contribution < -0.4 is 11.2 Å². The van der Waals surface area contributed by atoms with Gasteiger partial charge in [0.25, 0.3) is 5.56 Å². The van der Waals surface area contributed by atoms with E-state index in [-0.39, 0.29) is 6.61 Å². The predicted octanol–water partition coefficient (Wildman–Crippen LogP) is -1.57. The van der Waals surface area contributed by atoms with Gasteiger partial charge in [-0.2, -0.15) is 0 Å². The first-order valence-electron chi connectivity index (χ1n) is 5.96. The highest BCUT2D eigenvalue weighted by Crippen LogP contribution is 2.40. The van der Waals surface area contributed by atoms with E-state index in [1.807, 2.05) is 0 Å². The monoisotopic (exact) mass is 288 g/mol. The summed E-state index contributed by atoms with van der Waals surface area (Å²) in [6.45, 7) is 1.49. The zero-order valence-corrected chi connectivity index (χ0v) is 11.1. The molecule has 7 nitrogen and oxygen atoms in total. The first kappa shape index (κ1) is 14.3. The number of rotatable bonds is 3. The summed E-state index contributed by atoms with van der Waals surface area (Å²) in [5.74, 6) is 0. The summed E-state index contributed by atoms with van der Waals surface area (Å²) in [5.41, 5.74) is -0.653. The molecule has 4 N–H and O–H groups in total. The molecule has 4 atom stereocenters. The van der Waals surface area contributed by atoms with E-state index in [9.17, 15) is 19.8 Å². The third-order valence-corrected chi connectivity index (χ3v) is 4.78. The Morgan fingerprint density at radius 1 is 1.37 bits per heavy atom. The average Bonchev–Trinajstić information content (AvgIpc) is 2.67. The van der Waals surface area contributed by atoms with E-state index in [2.05, 4.69) is 4.98 Å². The third kappa shape index (κ3) is 2.48. The molecule has 1 aromatic rings. The number of aromatic nitrogens is 2. The molecule has 0 amide bonds. The molecule has 1 aliphatic rings. The highest BCUT2D eigenvalue weighted by atomic mass is 32.2. The van der Waals surface area contributed by atoms with E-state index in [4.69, 9.17) is 5.11 Å². The lowest BCUT2D eigenvalue weighted by molar-refractivity contribution is 0.0101. The standard InChI is InChI=1S/C11H16N2O5S/c1-2-5-3-13(11(18)12-9(5)17)10-8(16)7(15)6(4-14)19-10/h3,6-8,10,14-16H,2,4H2,1H3,(H,12,17,18)/t6-,7+,8-,10-/m0/s1. The zero-order valence-electron chi connectivity index (χ0n) is 10.3. The lowest BCUT2D eigenvalue weighted by Crippen LogP contribution is -2.38. The van der Waals surface area contributed by atoms with Gasteiger partial charge in [0.1, 0.15) is 11.5 Å². The van der Waals surface area contributed by atoms with Crippen molar-refractivity contribution in [2.45, 2.75) is 36.2 Å². The topological polar surface area (TPSA) is 116 Å². The maximum Gasteiger partial charge on any atom is 0.329 e. The summed E-state index contributed by atoms with van der Waals surface area (Å²) < 4.78 is 1.20. The van der Waals surface area contributed by atoms with Crippen molar-refractivity contribution in [2.24, 2.45) is 0 Å². The molecule has 1 aliphatic heterocycles. The van der Waals surface area contributed by atoms with Gasteiger partial charge in [0.2, 0.25) is 0 Å². The Morgan fingerprint density at radius 3 is 2.58 bits per heavy atom. The number of aliphatic hydroxyl groups is 3. The maximum absolute atomic E-state index is 11.8. The molecule has 0 saturated carbocycles. The van der Waals surface area contributed by atoms with Gasteiger partial charge < -0.3 is 15.3 Å². The van der Waals surface area contributed by atoms with Crippen molar-refractivity contribution in [1.29, 1.82) is 0 Å². The predicted molar refractivity (Wildman–Crippen MR) is 70.2 cm³/mol. The summed E-state index contributed by atoms with van der Waals surface area (Å²) in [6.07, 6.45) is -0.428. The molecule has 0 aromatic carbocycles. The summed E-state index contributed by atoms with van der Waals surface area (Å²) in [6, 6.07) is 0. The van der Waals surface area contributed by atoms with Gasteiger partial charge in [0, 0.05) is 11.8 Å². The number of nitrogens with zero attached hydrogens (tertiary/aromatic N) is 1. The van der Waals surface area contributed by atoms with Gasteiger partial charge >= 0.3 is 5.69 Å². The first-order valence-corrected chi connectivity index (χ1v) is 6.90. The van der Waals surface area contributed by atoms with E-state index in [0.29, 0.717) is 12.0 Å². The van der Waals surface area contributed by atoms with Gasteiger partial charge in [-0.3, -0.25) is 14.3 Å². The fourth-order valence-electron chi connectivity index (χ4n) is 2.08. The van der Waals surface area contributed by atoms with Crippen molar-refractivity contribution in [2.75, 3.05) is 6.61 Å². The zero-order chi connectivity index (χ0) is 14.2. The van der Waals surface area contributed by atoms with Crippen molar-refractivity contribution < 1.29 is 15.3 Å². The maximum atomic E-state index is 11.8. The van der Waals surface area contributed by atoms with Crippen LogP contribution in [0.3, 0.4) is 0 Å². The molecule has 19 heavy (non-hydrogen) atoms. The number of aromatic amines is 1. The minimum Gasteiger partial charge on any atom is -0.395 e. The molecule has 106 valence electrons. The third-order valence-electron chi connectivity index (χ3n) is 3.21. The number of aliphatic hydroxyl groups excluding tert-OH is 3. The van der Waals surface area contributed by atoms with Crippen LogP contribution in [0.5, 0.6) is 0 Å².